The molecule has 1 aliphatic rings. The average Bonchev–Trinajstić information content (AvgIpc) is 2.47. The summed E-state index contributed by atoms with van der Waals surface area (Å²) in [5.41, 5.74) is 0.449. The predicted octanol–water partition coefficient (Wildman–Crippen LogP) is 1.80. The lowest BCUT2D eigenvalue weighted by Crippen LogP contribution is -2.47. The van der Waals surface area contributed by atoms with Gasteiger partial charge in [0.15, 0.2) is 0 Å². The van der Waals surface area contributed by atoms with Gasteiger partial charge in [0.05, 0.1) is 12.5 Å². The van der Waals surface area contributed by atoms with Crippen molar-refractivity contribution in [3.8, 4) is 0 Å². The van der Waals surface area contributed by atoms with E-state index >= 15 is 0 Å². The smallest absolute Gasteiger partial charge is 0.225 e. The number of likely N-dealkylation sites (N-methyl/N-ethyl adjacent to an activating group) is 1. The van der Waals surface area contributed by atoms with Gasteiger partial charge in [0.25, 0.3) is 0 Å². The topological polar surface area (TPSA) is 43.8 Å². The number of likely N-dealkylation sites (tertiary alicyclic amines) is 1. The van der Waals surface area contributed by atoms with Crippen LogP contribution in [0.3, 0.4) is 0 Å². The molecule has 1 aromatic rings. The number of halogens is 1. The summed E-state index contributed by atoms with van der Waals surface area (Å²) >= 11 is 0. The van der Waals surface area contributed by atoms with Gasteiger partial charge in [-0.05, 0) is 44.6 Å². The van der Waals surface area contributed by atoms with Gasteiger partial charge in [-0.1, -0.05) is 12.1 Å². The van der Waals surface area contributed by atoms with Crippen LogP contribution in [-0.4, -0.2) is 54.0 Å². The van der Waals surface area contributed by atoms with Crippen LogP contribution in [0.4, 0.5) is 4.39 Å². The Morgan fingerprint density at radius 3 is 2.95 bits per heavy atom. The summed E-state index contributed by atoms with van der Waals surface area (Å²) in [6.45, 7) is 1.43. The quantitative estimate of drug-likeness (QED) is 0.921. The van der Waals surface area contributed by atoms with E-state index in [4.69, 9.17) is 0 Å². The van der Waals surface area contributed by atoms with Gasteiger partial charge >= 0.3 is 0 Å². The summed E-state index contributed by atoms with van der Waals surface area (Å²) in [6.07, 6.45) is 1.12. The predicted molar refractivity (Wildman–Crippen MR) is 79.3 cm³/mol. The second-order valence-corrected chi connectivity index (χ2v) is 5.87. The van der Waals surface area contributed by atoms with E-state index in [0.29, 0.717) is 18.2 Å². The van der Waals surface area contributed by atoms with Crippen molar-refractivity contribution in [1.82, 2.24) is 9.80 Å². The molecule has 1 amide bonds. The normalized spacial score (nSPS) is 20.6. The number of aliphatic hydroxyl groups excluding tert-OH is 1. The minimum Gasteiger partial charge on any atom is -0.388 e. The summed E-state index contributed by atoms with van der Waals surface area (Å²) in [4.78, 5) is 16.2. The number of aliphatic hydroxyl groups is 1. The molecule has 2 unspecified atom stereocenters. The van der Waals surface area contributed by atoms with Crippen LogP contribution in [0.25, 0.3) is 0 Å². The molecule has 116 valence electrons. The zero-order valence-electron chi connectivity index (χ0n) is 12.6. The van der Waals surface area contributed by atoms with E-state index < -0.39 is 11.9 Å². The third-order valence-corrected chi connectivity index (χ3v) is 4.08. The zero-order valence-corrected chi connectivity index (χ0v) is 12.6. The number of piperidine rings is 1. The standard InChI is InChI=1S/C16H23FN2O2/c1-18(2)14-7-4-8-19(11-14)16(21)10-15(20)12-5-3-6-13(17)9-12/h3,5-6,9,14-15,20H,4,7-8,10-11H2,1-2H3. The van der Waals surface area contributed by atoms with E-state index in [1.807, 2.05) is 14.1 Å². The lowest BCUT2D eigenvalue weighted by atomic mass is 10.0. The molecular formula is C16H23FN2O2. The molecular weight excluding hydrogens is 271 g/mol. The van der Waals surface area contributed by atoms with Gasteiger partial charge in [0.1, 0.15) is 5.82 Å². The van der Waals surface area contributed by atoms with Gasteiger partial charge < -0.3 is 14.9 Å². The van der Waals surface area contributed by atoms with Crippen LogP contribution >= 0.6 is 0 Å². The molecule has 1 saturated heterocycles. The number of hydrogen-bond donors (Lipinski definition) is 1. The lowest BCUT2D eigenvalue weighted by molar-refractivity contribution is -0.135. The molecule has 5 heteroatoms. The molecule has 2 atom stereocenters. The molecule has 1 aliphatic heterocycles. The van der Waals surface area contributed by atoms with E-state index in [-0.39, 0.29) is 12.3 Å². The van der Waals surface area contributed by atoms with Gasteiger partial charge in [-0.25, -0.2) is 4.39 Å². The molecule has 21 heavy (non-hydrogen) atoms. The van der Waals surface area contributed by atoms with Crippen LogP contribution in [0.1, 0.15) is 30.9 Å². The van der Waals surface area contributed by atoms with Crippen molar-refractivity contribution in [1.29, 1.82) is 0 Å². The fourth-order valence-corrected chi connectivity index (χ4v) is 2.73. The molecule has 1 N–H and O–H groups in total. The van der Waals surface area contributed by atoms with Gasteiger partial charge in [-0.3, -0.25) is 4.79 Å². The zero-order chi connectivity index (χ0) is 15.4. The number of nitrogens with zero attached hydrogens (tertiary/aromatic N) is 2. The first-order valence-corrected chi connectivity index (χ1v) is 7.35. The Kier molecular flexibility index (Phi) is 5.31. The van der Waals surface area contributed by atoms with Crippen molar-refractivity contribution in [3.63, 3.8) is 0 Å². The Bertz CT molecular complexity index is 493. The van der Waals surface area contributed by atoms with Gasteiger partial charge in [0, 0.05) is 19.1 Å². The number of benzene rings is 1. The summed E-state index contributed by atoms with van der Waals surface area (Å²) in [5, 5.41) is 10.1. The van der Waals surface area contributed by atoms with Crippen molar-refractivity contribution in [3.05, 3.63) is 35.6 Å². The first-order chi connectivity index (χ1) is 9.97. The van der Waals surface area contributed by atoms with Gasteiger partial charge in [-0.2, -0.15) is 0 Å². The summed E-state index contributed by atoms with van der Waals surface area (Å²) in [5.74, 6) is -0.469. The summed E-state index contributed by atoms with van der Waals surface area (Å²) in [7, 11) is 4.03. The monoisotopic (exact) mass is 294 g/mol. The van der Waals surface area contributed by atoms with Crippen molar-refractivity contribution >= 4 is 5.91 Å². The van der Waals surface area contributed by atoms with Crippen molar-refractivity contribution < 1.29 is 14.3 Å². The molecule has 0 radical (unpaired) electrons. The van der Waals surface area contributed by atoms with Crippen molar-refractivity contribution in [2.75, 3.05) is 27.2 Å². The molecule has 2 rings (SSSR count). The maximum Gasteiger partial charge on any atom is 0.225 e. The highest BCUT2D eigenvalue weighted by atomic mass is 19.1. The number of carbonyl (C=O) groups is 1. The molecule has 1 heterocycles. The van der Waals surface area contributed by atoms with E-state index in [1.165, 1.54) is 12.1 Å². The second-order valence-electron chi connectivity index (χ2n) is 5.87. The highest BCUT2D eigenvalue weighted by Gasteiger charge is 2.26. The second kappa shape index (κ2) is 7.00. The molecule has 1 aromatic carbocycles. The van der Waals surface area contributed by atoms with E-state index in [9.17, 15) is 14.3 Å². The molecule has 0 aromatic heterocycles. The minimum absolute atomic E-state index is 0.00357. The van der Waals surface area contributed by atoms with Crippen LogP contribution < -0.4 is 0 Å². The highest BCUT2D eigenvalue weighted by molar-refractivity contribution is 5.77. The van der Waals surface area contributed by atoms with Crippen molar-refractivity contribution in [2.24, 2.45) is 0 Å². The Balaban J connectivity index is 1.94. The summed E-state index contributed by atoms with van der Waals surface area (Å²) in [6, 6.07) is 6.15. The van der Waals surface area contributed by atoms with E-state index in [1.54, 1.807) is 17.0 Å². The maximum atomic E-state index is 13.1. The Labute approximate surface area is 125 Å². The molecule has 0 bridgehead atoms. The minimum atomic E-state index is -0.951. The van der Waals surface area contributed by atoms with Crippen LogP contribution in [0.5, 0.6) is 0 Å². The van der Waals surface area contributed by atoms with E-state index in [2.05, 4.69) is 4.90 Å². The number of amides is 1. The maximum absolute atomic E-state index is 13.1. The van der Waals surface area contributed by atoms with Crippen LogP contribution in [0.15, 0.2) is 24.3 Å². The first kappa shape index (κ1) is 15.9. The molecule has 0 aliphatic carbocycles. The van der Waals surface area contributed by atoms with E-state index in [0.717, 1.165) is 19.4 Å². The lowest BCUT2D eigenvalue weighted by Gasteiger charge is -2.36. The van der Waals surface area contributed by atoms with Gasteiger partial charge in [-0.15, -0.1) is 0 Å². The average molecular weight is 294 g/mol. The highest BCUT2D eigenvalue weighted by Crippen LogP contribution is 2.21. The molecule has 1 fully saturated rings. The Hall–Kier alpha value is -1.46. The fraction of sp³-hybridized carbons (Fsp3) is 0.562. The SMILES string of the molecule is CN(C)C1CCCN(C(=O)CC(O)c2cccc(F)c2)C1. The number of carbonyl (C=O) groups excluding carboxylic acids is 1. The first-order valence-electron chi connectivity index (χ1n) is 7.35. The van der Waals surface area contributed by atoms with Gasteiger partial charge in [0.2, 0.25) is 5.91 Å². The fourth-order valence-electron chi connectivity index (χ4n) is 2.73. The van der Waals surface area contributed by atoms with Crippen LogP contribution in [-0.2, 0) is 4.79 Å². The van der Waals surface area contributed by atoms with Crippen LogP contribution in [0, 0.1) is 5.82 Å². The van der Waals surface area contributed by atoms with Crippen molar-refractivity contribution in [2.45, 2.75) is 31.4 Å². The third-order valence-electron chi connectivity index (χ3n) is 4.08. The molecule has 0 spiro atoms. The number of rotatable bonds is 4. The van der Waals surface area contributed by atoms with Crippen LogP contribution in [0.2, 0.25) is 0 Å². The summed E-state index contributed by atoms with van der Waals surface area (Å²) < 4.78 is 13.1. The molecule has 4 nitrogen and oxygen atoms in total. The Morgan fingerprint density at radius 2 is 2.29 bits per heavy atom. The third kappa shape index (κ3) is 4.25. The Morgan fingerprint density at radius 1 is 1.52 bits per heavy atom. The largest absolute Gasteiger partial charge is 0.388 e. The number of hydrogen-bond acceptors (Lipinski definition) is 3. The molecule has 0 saturated carbocycles.